The molecule has 0 saturated carbocycles. The standard InChI is InChI=1S/C18H21F2NO5/c1-3-26-17(23)10-16(22)12-6-7-21(18(24)25-2)15(9-12)11-4-5-13(19)14(20)8-11/h4-5,8,12,15H,3,6-7,9-10H2,1-2H3/t12-,15+/m0/s1. The van der Waals surface area contributed by atoms with Crippen LogP contribution in [0.5, 0.6) is 0 Å². The van der Waals surface area contributed by atoms with E-state index in [-0.39, 0.29) is 31.8 Å². The number of amides is 1. The molecule has 142 valence electrons. The van der Waals surface area contributed by atoms with Gasteiger partial charge in [-0.25, -0.2) is 13.6 Å². The molecule has 1 fully saturated rings. The third-order valence-electron chi connectivity index (χ3n) is 4.42. The Balaban J connectivity index is 2.21. The van der Waals surface area contributed by atoms with Crippen LogP contribution in [0.3, 0.4) is 0 Å². The summed E-state index contributed by atoms with van der Waals surface area (Å²) in [5.74, 6) is -3.41. The topological polar surface area (TPSA) is 72.9 Å². The molecule has 0 radical (unpaired) electrons. The number of halogens is 2. The molecule has 1 aliphatic heterocycles. The van der Waals surface area contributed by atoms with Crippen LogP contribution >= 0.6 is 0 Å². The summed E-state index contributed by atoms with van der Waals surface area (Å²) in [7, 11) is 1.22. The third-order valence-corrected chi connectivity index (χ3v) is 4.42. The number of hydrogen-bond donors (Lipinski definition) is 0. The summed E-state index contributed by atoms with van der Waals surface area (Å²) < 4.78 is 36.4. The highest BCUT2D eigenvalue weighted by molar-refractivity contribution is 5.96. The molecule has 6 nitrogen and oxygen atoms in total. The number of ketones is 1. The molecule has 0 N–H and O–H groups in total. The van der Waals surface area contributed by atoms with E-state index in [0.29, 0.717) is 12.0 Å². The van der Waals surface area contributed by atoms with Gasteiger partial charge in [0, 0.05) is 12.5 Å². The van der Waals surface area contributed by atoms with Gasteiger partial charge in [-0.15, -0.1) is 0 Å². The number of piperidine rings is 1. The molecule has 2 atom stereocenters. The number of carbonyl (C=O) groups is 3. The normalized spacial score (nSPS) is 19.8. The van der Waals surface area contributed by atoms with Crippen LogP contribution in [0.1, 0.15) is 37.8 Å². The molecule has 0 aromatic heterocycles. The van der Waals surface area contributed by atoms with E-state index in [2.05, 4.69) is 0 Å². The second-order valence-electron chi connectivity index (χ2n) is 6.02. The largest absolute Gasteiger partial charge is 0.466 e. The van der Waals surface area contributed by atoms with Crippen LogP contribution in [0.4, 0.5) is 13.6 Å². The monoisotopic (exact) mass is 369 g/mol. The molecule has 0 spiro atoms. The number of likely N-dealkylation sites (tertiary alicyclic amines) is 1. The lowest BCUT2D eigenvalue weighted by atomic mass is 9.84. The van der Waals surface area contributed by atoms with Crippen molar-refractivity contribution >= 4 is 17.8 Å². The highest BCUT2D eigenvalue weighted by Crippen LogP contribution is 2.36. The number of methoxy groups -OCH3 is 1. The number of nitrogens with zero attached hydrogens (tertiary/aromatic N) is 1. The number of carbonyl (C=O) groups excluding carboxylic acids is 3. The highest BCUT2D eigenvalue weighted by Gasteiger charge is 2.36. The Morgan fingerprint density at radius 1 is 1.23 bits per heavy atom. The molecule has 1 aromatic carbocycles. The van der Waals surface area contributed by atoms with Crippen LogP contribution in [0, 0.1) is 17.6 Å². The minimum atomic E-state index is -1.03. The number of esters is 1. The Morgan fingerprint density at radius 3 is 2.58 bits per heavy atom. The first-order valence-corrected chi connectivity index (χ1v) is 8.35. The summed E-state index contributed by atoms with van der Waals surface area (Å²) in [6.07, 6.45) is -0.413. The zero-order valence-corrected chi connectivity index (χ0v) is 14.7. The van der Waals surface area contributed by atoms with E-state index in [0.717, 1.165) is 12.1 Å². The molecule has 1 aromatic rings. The predicted octanol–water partition coefficient (Wildman–Crippen LogP) is 3.01. The number of benzene rings is 1. The van der Waals surface area contributed by atoms with Crippen molar-refractivity contribution in [1.29, 1.82) is 0 Å². The fourth-order valence-electron chi connectivity index (χ4n) is 3.13. The van der Waals surface area contributed by atoms with Crippen molar-refractivity contribution in [1.82, 2.24) is 4.90 Å². The van der Waals surface area contributed by atoms with Gasteiger partial charge in [-0.3, -0.25) is 9.59 Å². The van der Waals surface area contributed by atoms with Gasteiger partial charge in [0.15, 0.2) is 11.6 Å². The van der Waals surface area contributed by atoms with Gasteiger partial charge >= 0.3 is 12.1 Å². The van der Waals surface area contributed by atoms with Crippen molar-refractivity contribution in [3.8, 4) is 0 Å². The van der Waals surface area contributed by atoms with E-state index in [1.807, 2.05) is 0 Å². The molecule has 0 bridgehead atoms. The van der Waals surface area contributed by atoms with Crippen LogP contribution in [-0.2, 0) is 19.1 Å². The van der Waals surface area contributed by atoms with Gasteiger partial charge in [0.05, 0.1) is 19.8 Å². The van der Waals surface area contributed by atoms with E-state index >= 15 is 0 Å². The zero-order chi connectivity index (χ0) is 19.3. The number of ether oxygens (including phenoxy) is 2. The van der Waals surface area contributed by atoms with Gasteiger partial charge in [-0.1, -0.05) is 6.07 Å². The fraction of sp³-hybridized carbons (Fsp3) is 0.500. The van der Waals surface area contributed by atoms with Gasteiger partial charge in [0.2, 0.25) is 0 Å². The lowest BCUT2D eigenvalue weighted by Crippen LogP contribution is -2.43. The van der Waals surface area contributed by atoms with Crippen LogP contribution in [0.2, 0.25) is 0 Å². The first-order valence-electron chi connectivity index (χ1n) is 8.35. The SMILES string of the molecule is CCOC(=O)CC(=O)[C@H]1CCN(C(=O)OC)[C@@H](c2ccc(F)c(F)c2)C1. The minimum Gasteiger partial charge on any atom is -0.466 e. The number of rotatable bonds is 5. The van der Waals surface area contributed by atoms with Gasteiger partial charge in [0.25, 0.3) is 0 Å². The third kappa shape index (κ3) is 4.56. The number of Topliss-reactive ketones (excluding diaryl/α,β-unsaturated/α-hetero) is 1. The first kappa shape index (κ1) is 19.8. The summed E-state index contributed by atoms with van der Waals surface area (Å²) in [5.41, 5.74) is 0.364. The van der Waals surface area contributed by atoms with Crippen molar-refractivity contribution in [3.05, 3.63) is 35.4 Å². The summed E-state index contributed by atoms with van der Waals surface area (Å²) in [6, 6.07) is 2.71. The lowest BCUT2D eigenvalue weighted by molar-refractivity contribution is -0.146. The van der Waals surface area contributed by atoms with Gasteiger partial charge in [-0.2, -0.15) is 0 Å². The molecule has 26 heavy (non-hydrogen) atoms. The maximum atomic E-state index is 13.6. The van der Waals surface area contributed by atoms with E-state index in [9.17, 15) is 23.2 Å². The van der Waals surface area contributed by atoms with Crippen molar-refractivity contribution in [2.75, 3.05) is 20.3 Å². The quantitative estimate of drug-likeness (QED) is 0.589. The molecule has 1 aliphatic rings. The average molecular weight is 369 g/mol. The molecule has 0 unspecified atom stereocenters. The van der Waals surface area contributed by atoms with E-state index in [1.54, 1.807) is 6.92 Å². The fourth-order valence-corrected chi connectivity index (χ4v) is 3.13. The molecule has 0 aliphatic carbocycles. The Bertz CT molecular complexity index is 694. The molecule has 1 saturated heterocycles. The molecule has 2 rings (SSSR count). The van der Waals surface area contributed by atoms with Gasteiger partial charge in [0.1, 0.15) is 12.2 Å². The summed E-state index contributed by atoms with van der Waals surface area (Å²) >= 11 is 0. The average Bonchev–Trinajstić information content (AvgIpc) is 2.63. The summed E-state index contributed by atoms with van der Waals surface area (Å²) in [5, 5.41) is 0. The van der Waals surface area contributed by atoms with E-state index in [4.69, 9.17) is 9.47 Å². The molecular weight excluding hydrogens is 348 g/mol. The van der Waals surface area contributed by atoms with Crippen LogP contribution < -0.4 is 0 Å². The maximum Gasteiger partial charge on any atom is 0.409 e. The Morgan fingerprint density at radius 2 is 1.96 bits per heavy atom. The van der Waals surface area contributed by atoms with Gasteiger partial charge < -0.3 is 14.4 Å². The van der Waals surface area contributed by atoms with Crippen molar-refractivity contribution in [3.63, 3.8) is 0 Å². The lowest BCUT2D eigenvalue weighted by Gasteiger charge is -2.38. The molecule has 1 amide bonds. The van der Waals surface area contributed by atoms with Crippen molar-refractivity contribution in [2.45, 2.75) is 32.2 Å². The van der Waals surface area contributed by atoms with Crippen molar-refractivity contribution in [2.24, 2.45) is 5.92 Å². The van der Waals surface area contributed by atoms with E-state index in [1.165, 1.54) is 18.1 Å². The Labute approximate surface area is 150 Å². The second-order valence-corrected chi connectivity index (χ2v) is 6.02. The van der Waals surface area contributed by atoms with Crippen LogP contribution in [0.25, 0.3) is 0 Å². The molecular formula is C18H21F2NO5. The van der Waals surface area contributed by atoms with Gasteiger partial charge in [-0.05, 0) is 37.5 Å². The Kier molecular flexibility index (Phi) is 6.65. The second kappa shape index (κ2) is 8.73. The highest BCUT2D eigenvalue weighted by atomic mass is 19.2. The summed E-state index contributed by atoms with van der Waals surface area (Å²) in [6.45, 7) is 2.04. The minimum absolute atomic E-state index is 0.185. The smallest absolute Gasteiger partial charge is 0.409 e. The Hall–Kier alpha value is -2.51. The predicted molar refractivity (Wildman–Crippen MR) is 87.2 cm³/mol. The maximum absolute atomic E-state index is 13.6. The molecule has 1 heterocycles. The first-order chi connectivity index (χ1) is 12.4. The zero-order valence-electron chi connectivity index (χ0n) is 14.7. The van der Waals surface area contributed by atoms with Crippen molar-refractivity contribution < 1.29 is 32.6 Å². The molecule has 8 heteroatoms. The van der Waals surface area contributed by atoms with E-state index < -0.39 is 35.7 Å². The summed E-state index contributed by atoms with van der Waals surface area (Å²) in [4.78, 5) is 37.3. The number of hydrogen-bond acceptors (Lipinski definition) is 5. The van der Waals surface area contributed by atoms with Crippen LogP contribution in [-0.4, -0.2) is 43.0 Å². The van der Waals surface area contributed by atoms with Crippen LogP contribution in [0.15, 0.2) is 18.2 Å².